The zero-order valence-corrected chi connectivity index (χ0v) is 15.8. The van der Waals surface area contributed by atoms with Crippen molar-refractivity contribution in [2.75, 3.05) is 33.4 Å². The summed E-state index contributed by atoms with van der Waals surface area (Å²) in [6.07, 6.45) is -1.54. The minimum atomic E-state index is -4.40. The van der Waals surface area contributed by atoms with Crippen molar-refractivity contribution in [3.63, 3.8) is 0 Å². The van der Waals surface area contributed by atoms with E-state index in [0.717, 1.165) is 44.5 Å². The quantitative estimate of drug-likeness (QED) is 0.814. The van der Waals surface area contributed by atoms with Gasteiger partial charge in [0.25, 0.3) is 0 Å². The smallest absolute Gasteiger partial charge is 0.383 e. The molecule has 150 valence electrons. The molecule has 2 atom stereocenters. The minimum absolute atomic E-state index is 0.0234. The Morgan fingerprint density at radius 3 is 2.70 bits per heavy atom. The number of hydrogen-bond acceptors (Lipinski definition) is 3. The fraction of sp³-hybridized carbons (Fsp3) is 0.650. The number of carbonyl (C=O) groups is 1. The van der Waals surface area contributed by atoms with Crippen molar-refractivity contribution >= 4 is 5.91 Å². The lowest BCUT2D eigenvalue weighted by Crippen LogP contribution is -2.39. The molecule has 1 saturated carbocycles. The summed E-state index contributed by atoms with van der Waals surface area (Å²) >= 11 is 0. The molecule has 1 aromatic rings. The highest BCUT2D eigenvalue weighted by Crippen LogP contribution is 2.59. The molecule has 27 heavy (non-hydrogen) atoms. The number of piperidine rings is 1. The number of ether oxygens (including phenoxy) is 1. The highest BCUT2D eigenvalue weighted by Gasteiger charge is 2.58. The number of carbonyl (C=O) groups excluding carboxylic acids is 1. The Kier molecular flexibility index (Phi) is 5.82. The van der Waals surface area contributed by atoms with E-state index in [2.05, 4.69) is 5.32 Å². The van der Waals surface area contributed by atoms with Gasteiger partial charge in [0.05, 0.1) is 18.2 Å². The maximum atomic E-state index is 13.2. The molecule has 1 saturated heterocycles. The van der Waals surface area contributed by atoms with Gasteiger partial charge in [-0.3, -0.25) is 4.79 Å². The van der Waals surface area contributed by atoms with Crippen LogP contribution in [0.4, 0.5) is 13.2 Å². The van der Waals surface area contributed by atoms with E-state index in [9.17, 15) is 18.0 Å². The van der Waals surface area contributed by atoms with Crippen LogP contribution in [-0.2, 0) is 15.7 Å². The number of halogens is 3. The lowest BCUT2D eigenvalue weighted by molar-refractivity contribution is -0.137. The third kappa shape index (κ3) is 4.29. The van der Waals surface area contributed by atoms with Crippen LogP contribution in [0.15, 0.2) is 24.3 Å². The van der Waals surface area contributed by atoms with Gasteiger partial charge in [0, 0.05) is 19.6 Å². The third-order valence-electron chi connectivity index (χ3n) is 6.07. The predicted molar refractivity (Wildman–Crippen MR) is 96.1 cm³/mol. The molecule has 2 aliphatic rings. The summed E-state index contributed by atoms with van der Waals surface area (Å²) in [5.74, 6) is 0.0172. The van der Waals surface area contributed by atoms with Crippen LogP contribution in [0.5, 0.6) is 0 Å². The van der Waals surface area contributed by atoms with Gasteiger partial charge in [-0.2, -0.15) is 13.2 Å². The fourth-order valence-corrected chi connectivity index (χ4v) is 4.21. The topological polar surface area (TPSA) is 41.6 Å². The Labute approximate surface area is 158 Å². The predicted octanol–water partition coefficient (Wildman–Crippen LogP) is 3.63. The molecular formula is C20H27F3N2O2. The van der Waals surface area contributed by atoms with Crippen molar-refractivity contribution < 1.29 is 22.7 Å². The van der Waals surface area contributed by atoms with E-state index in [0.29, 0.717) is 18.7 Å². The number of alkyl halides is 3. The summed E-state index contributed by atoms with van der Waals surface area (Å²) in [5.41, 5.74) is -0.109. The number of nitrogens with zero attached hydrogens (tertiary/aromatic N) is 1. The van der Waals surface area contributed by atoms with Gasteiger partial charge in [-0.1, -0.05) is 12.1 Å². The summed E-state index contributed by atoms with van der Waals surface area (Å²) in [6.45, 7) is 4.37. The van der Waals surface area contributed by atoms with E-state index in [1.165, 1.54) is 6.07 Å². The van der Waals surface area contributed by atoms with Crippen molar-refractivity contribution in [2.24, 2.45) is 11.3 Å². The van der Waals surface area contributed by atoms with Crippen LogP contribution in [0.2, 0.25) is 0 Å². The van der Waals surface area contributed by atoms with Crippen LogP contribution in [0, 0.1) is 11.3 Å². The third-order valence-corrected chi connectivity index (χ3v) is 6.07. The normalized spacial score (nSPS) is 22.5. The molecule has 1 heterocycles. The zero-order valence-electron chi connectivity index (χ0n) is 15.8. The monoisotopic (exact) mass is 384 g/mol. The van der Waals surface area contributed by atoms with Gasteiger partial charge >= 0.3 is 6.18 Å². The Bertz CT molecular complexity index is 671. The van der Waals surface area contributed by atoms with Gasteiger partial charge in [-0.15, -0.1) is 0 Å². The second kappa shape index (κ2) is 7.80. The van der Waals surface area contributed by atoms with E-state index in [4.69, 9.17) is 4.74 Å². The van der Waals surface area contributed by atoms with Crippen LogP contribution in [0.3, 0.4) is 0 Å². The van der Waals surface area contributed by atoms with Crippen molar-refractivity contribution in [2.45, 2.75) is 38.4 Å². The molecule has 0 radical (unpaired) electrons. The molecule has 1 aromatic carbocycles. The Morgan fingerprint density at radius 1 is 1.37 bits per heavy atom. The summed E-state index contributed by atoms with van der Waals surface area (Å²) in [7, 11) is 1.56. The maximum Gasteiger partial charge on any atom is 0.416 e. The summed E-state index contributed by atoms with van der Waals surface area (Å²) in [4.78, 5) is 14.9. The number of rotatable bonds is 6. The molecular weight excluding hydrogens is 357 g/mol. The molecule has 0 bridgehead atoms. The Hall–Kier alpha value is -1.60. The second-order valence-electron chi connectivity index (χ2n) is 7.69. The molecule has 3 rings (SSSR count). The van der Waals surface area contributed by atoms with Crippen LogP contribution < -0.4 is 5.32 Å². The first kappa shape index (κ1) is 20.1. The number of benzene rings is 1. The minimum Gasteiger partial charge on any atom is -0.383 e. The lowest BCUT2D eigenvalue weighted by Gasteiger charge is -2.32. The first-order valence-electron chi connectivity index (χ1n) is 9.46. The molecule has 1 aliphatic heterocycles. The van der Waals surface area contributed by atoms with Crippen LogP contribution in [0.1, 0.15) is 43.4 Å². The molecule has 1 amide bonds. The van der Waals surface area contributed by atoms with Gasteiger partial charge in [-0.05, 0) is 62.4 Å². The SMILES string of the molecule is COCCN(C(=O)C1CC12CCNCC2)C(C)c1cccc(C(F)(F)F)c1. The Morgan fingerprint density at radius 2 is 2.07 bits per heavy atom. The highest BCUT2D eigenvalue weighted by molar-refractivity contribution is 5.83. The van der Waals surface area contributed by atoms with Crippen LogP contribution >= 0.6 is 0 Å². The molecule has 0 aromatic heterocycles. The second-order valence-corrected chi connectivity index (χ2v) is 7.69. The van der Waals surface area contributed by atoms with E-state index >= 15 is 0 Å². The summed E-state index contributed by atoms with van der Waals surface area (Å²) in [5, 5.41) is 3.32. The number of nitrogens with one attached hydrogen (secondary N) is 1. The number of hydrogen-bond donors (Lipinski definition) is 1. The molecule has 2 unspecified atom stereocenters. The van der Waals surface area contributed by atoms with E-state index in [-0.39, 0.29) is 17.2 Å². The van der Waals surface area contributed by atoms with Gasteiger partial charge in [-0.25, -0.2) is 0 Å². The van der Waals surface area contributed by atoms with E-state index in [1.54, 1.807) is 25.0 Å². The summed E-state index contributed by atoms with van der Waals surface area (Å²) in [6, 6.07) is 4.82. The van der Waals surface area contributed by atoms with Gasteiger partial charge in [0.2, 0.25) is 5.91 Å². The van der Waals surface area contributed by atoms with Crippen molar-refractivity contribution in [1.29, 1.82) is 0 Å². The number of amides is 1. The zero-order chi connectivity index (χ0) is 19.7. The molecule has 4 nitrogen and oxygen atoms in total. The molecule has 1 spiro atoms. The van der Waals surface area contributed by atoms with Gasteiger partial charge < -0.3 is 15.0 Å². The largest absolute Gasteiger partial charge is 0.416 e. The van der Waals surface area contributed by atoms with Crippen molar-refractivity contribution in [1.82, 2.24) is 10.2 Å². The van der Waals surface area contributed by atoms with E-state index in [1.807, 2.05) is 0 Å². The first-order chi connectivity index (χ1) is 12.8. The first-order valence-corrected chi connectivity index (χ1v) is 9.46. The standard InChI is InChI=1S/C20H27F3N2O2/c1-14(15-4-3-5-16(12-15)20(21,22)23)25(10-11-27-2)18(26)17-13-19(17)6-8-24-9-7-19/h3-5,12,14,17,24H,6-11,13H2,1-2H3. The van der Waals surface area contributed by atoms with Crippen LogP contribution in [-0.4, -0.2) is 44.2 Å². The molecule has 1 aliphatic carbocycles. The molecule has 2 fully saturated rings. The van der Waals surface area contributed by atoms with Gasteiger partial charge in [0.15, 0.2) is 0 Å². The lowest BCUT2D eigenvalue weighted by atomic mass is 9.91. The van der Waals surface area contributed by atoms with Gasteiger partial charge in [0.1, 0.15) is 0 Å². The average molecular weight is 384 g/mol. The molecule has 1 N–H and O–H groups in total. The van der Waals surface area contributed by atoms with Crippen molar-refractivity contribution in [3.8, 4) is 0 Å². The highest BCUT2D eigenvalue weighted by atomic mass is 19.4. The van der Waals surface area contributed by atoms with E-state index < -0.39 is 17.8 Å². The number of methoxy groups -OCH3 is 1. The Balaban J connectivity index is 1.79. The summed E-state index contributed by atoms with van der Waals surface area (Å²) < 4.78 is 44.3. The van der Waals surface area contributed by atoms with Crippen molar-refractivity contribution in [3.05, 3.63) is 35.4 Å². The maximum absolute atomic E-state index is 13.2. The average Bonchev–Trinajstić information content (AvgIpc) is 3.34. The fourth-order valence-electron chi connectivity index (χ4n) is 4.21. The van der Waals surface area contributed by atoms with Crippen LogP contribution in [0.25, 0.3) is 0 Å². The molecule has 7 heteroatoms.